The molecule has 0 aliphatic heterocycles. The van der Waals surface area contributed by atoms with Gasteiger partial charge in [0.1, 0.15) is 0 Å². The largest absolute Gasteiger partial charge is 0.351 e. The number of carbonyl (C=O) groups excluding carboxylic acids is 1. The molecular weight excluding hydrogens is 268 g/mol. The van der Waals surface area contributed by atoms with Crippen molar-refractivity contribution >= 4 is 21.8 Å². The first kappa shape index (κ1) is 15.4. The second kappa shape index (κ2) is 7.07. The van der Waals surface area contributed by atoms with Crippen LogP contribution in [-0.4, -0.2) is 34.0 Å². The average molecular weight is 286 g/mol. The van der Waals surface area contributed by atoms with E-state index in [0.29, 0.717) is 13.1 Å². The van der Waals surface area contributed by atoms with Crippen molar-refractivity contribution < 1.29 is 13.2 Å². The van der Waals surface area contributed by atoms with Crippen LogP contribution in [0.25, 0.3) is 0 Å². The predicted octanol–water partition coefficient (Wildman–Crippen LogP) is -0.359. The summed E-state index contributed by atoms with van der Waals surface area (Å²) in [5.41, 5.74) is 5.77. The Kier molecular flexibility index (Phi) is 5.74. The van der Waals surface area contributed by atoms with Crippen LogP contribution in [0.3, 0.4) is 0 Å². The maximum Gasteiger partial charge on any atom is 0.299 e. The van der Waals surface area contributed by atoms with E-state index in [1.807, 2.05) is 0 Å². The van der Waals surface area contributed by atoms with Crippen LogP contribution in [-0.2, 0) is 10.2 Å². The Labute approximate surface area is 112 Å². The zero-order valence-corrected chi connectivity index (χ0v) is 11.5. The highest BCUT2D eigenvalue weighted by atomic mass is 32.2. The summed E-state index contributed by atoms with van der Waals surface area (Å²) in [5, 5.41) is 2.59. The zero-order valence-electron chi connectivity index (χ0n) is 10.6. The highest BCUT2D eigenvalue weighted by Gasteiger charge is 2.15. The van der Waals surface area contributed by atoms with E-state index in [-0.39, 0.29) is 23.7 Å². The molecule has 1 amide bonds. The molecule has 106 valence electrons. The Balaban J connectivity index is 2.93. The fourth-order valence-electron chi connectivity index (χ4n) is 1.42. The number of benzene rings is 1. The van der Waals surface area contributed by atoms with Gasteiger partial charge in [-0.3, -0.25) is 9.52 Å². The summed E-state index contributed by atoms with van der Waals surface area (Å²) in [6, 6.07) is 6.35. The highest BCUT2D eigenvalue weighted by Crippen LogP contribution is 2.15. The molecule has 8 heteroatoms. The topological polar surface area (TPSA) is 113 Å². The van der Waals surface area contributed by atoms with Crippen LogP contribution < -0.4 is 20.5 Å². The molecule has 19 heavy (non-hydrogen) atoms. The molecule has 0 saturated carbocycles. The van der Waals surface area contributed by atoms with Gasteiger partial charge in [-0.2, -0.15) is 13.1 Å². The van der Waals surface area contributed by atoms with Gasteiger partial charge in [-0.15, -0.1) is 0 Å². The number of amides is 1. The van der Waals surface area contributed by atoms with E-state index < -0.39 is 10.2 Å². The number of nitrogens with two attached hydrogens (primary N) is 1. The van der Waals surface area contributed by atoms with Gasteiger partial charge in [0.15, 0.2) is 0 Å². The minimum absolute atomic E-state index is 0.220. The Morgan fingerprint density at radius 1 is 1.32 bits per heavy atom. The Morgan fingerprint density at radius 3 is 2.63 bits per heavy atom. The molecule has 5 N–H and O–H groups in total. The monoisotopic (exact) mass is 286 g/mol. The van der Waals surface area contributed by atoms with E-state index in [1.165, 1.54) is 12.1 Å². The van der Waals surface area contributed by atoms with Crippen molar-refractivity contribution in [2.45, 2.75) is 6.92 Å². The molecule has 0 bridgehead atoms. The van der Waals surface area contributed by atoms with Crippen LogP contribution in [0.15, 0.2) is 24.3 Å². The van der Waals surface area contributed by atoms with E-state index in [0.717, 1.165) is 0 Å². The Hall–Kier alpha value is -1.64. The molecule has 0 fully saturated rings. The molecule has 0 unspecified atom stereocenters. The maximum atomic E-state index is 11.8. The van der Waals surface area contributed by atoms with Crippen molar-refractivity contribution in [2.24, 2.45) is 5.73 Å². The molecule has 0 aromatic heterocycles. The average Bonchev–Trinajstić information content (AvgIpc) is 2.36. The predicted molar refractivity (Wildman–Crippen MR) is 74.0 cm³/mol. The summed E-state index contributed by atoms with van der Waals surface area (Å²) in [7, 11) is -3.67. The highest BCUT2D eigenvalue weighted by molar-refractivity contribution is 7.90. The van der Waals surface area contributed by atoms with Crippen LogP contribution in [0.4, 0.5) is 5.69 Å². The third-order valence-electron chi connectivity index (χ3n) is 2.18. The standard InChI is InChI=1S/C11H18N4O3S/c1-2-14-19(17,18)15-10-6-4-3-5-9(10)11(16)13-8-7-12/h3-6,14-15H,2,7-8,12H2,1H3,(H,13,16). The lowest BCUT2D eigenvalue weighted by atomic mass is 10.1. The van der Waals surface area contributed by atoms with Crippen molar-refractivity contribution in [2.75, 3.05) is 24.4 Å². The molecule has 1 aromatic carbocycles. The quantitative estimate of drug-likeness (QED) is 0.548. The van der Waals surface area contributed by atoms with E-state index in [9.17, 15) is 13.2 Å². The number of hydrogen-bond acceptors (Lipinski definition) is 4. The van der Waals surface area contributed by atoms with Gasteiger partial charge in [0.2, 0.25) is 0 Å². The number of hydrogen-bond donors (Lipinski definition) is 4. The van der Waals surface area contributed by atoms with Crippen molar-refractivity contribution in [3.63, 3.8) is 0 Å². The fourth-order valence-corrected chi connectivity index (χ4v) is 2.34. The molecule has 1 aromatic rings. The first-order valence-corrected chi connectivity index (χ1v) is 7.33. The summed E-state index contributed by atoms with van der Waals surface area (Å²) in [6.07, 6.45) is 0. The minimum atomic E-state index is -3.67. The molecule has 0 aliphatic rings. The van der Waals surface area contributed by atoms with E-state index >= 15 is 0 Å². The van der Waals surface area contributed by atoms with Gasteiger partial charge in [-0.1, -0.05) is 19.1 Å². The number of para-hydroxylation sites is 1. The van der Waals surface area contributed by atoms with Gasteiger partial charge in [-0.25, -0.2) is 0 Å². The van der Waals surface area contributed by atoms with Crippen LogP contribution in [0.5, 0.6) is 0 Å². The summed E-state index contributed by atoms with van der Waals surface area (Å²) in [5.74, 6) is -0.375. The van der Waals surface area contributed by atoms with Crippen LogP contribution >= 0.6 is 0 Å². The molecule has 0 aliphatic carbocycles. The lowest BCUT2D eigenvalue weighted by Gasteiger charge is -2.12. The second-order valence-corrected chi connectivity index (χ2v) is 5.19. The third-order valence-corrected chi connectivity index (χ3v) is 3.34. The van der Waals surface area contributed by atoms with Crippen LogP contribution in [0.2, 0.25) is 0 Å². The van der Waals surface area contributed by atoms with Gasteiger partial charge in [0, 0.05) is 19.6 Å². The number of carbonyl (C=O) groups is 1. The molecule has 7 nitrogen and oxygen atoms in total. The first-order valence-electron chi connectivity index (χ1n) is 5.85. The fraction of sp³-hybridized carbons (Fsp3) is 0.364. The molecule has 0 atom stereocenters. The van der Waals surface area contributed by atoms with Gasteiger partial charge < -0.3 is 11.1 Å². The van der Waals surface area contributed by atoms with Crippen LogP contribution in [0, 0.1) is 0 Å². The SMILES string of the molecule is CCNS(=O)(=O)Nc1ccccc1C(=O)NCCN. The van der Waals surface area contributed by atoms with E-state index in [4.69, 9.17) is 5.73 Å². The Bertz CT molecular complexity index is 530. The number of nitrogens with one attached hydrogen (secondary N) is 3. The summed E-state index contributed by atoms with van der Waals surface area (Å²) >= 11 is 0. The molecule has 0 heterocycles. The molecule has 0 saturated heterocycles. The van der Waals surface area contributed by atoms with Gasteiger partial charge in [-0.05, 0) is 12.1 Å². The lowest BCUT2D eigenvalue weighted by Crippen LogP contribution is -2.32. The van der Waals surface area contributed by atoms with Crippen LogP contribution in [0.1, 0.15) is 17.3 Å². The third kappa shape index (κ3) is 4.86. The van der Waals surface area contributed by atoms with Crippen molar-refractivity contribution in [3.05, 3.63) is 29.8 Å². The first-order chi connectivity index (χ1) is 9.00. The molecule has 0 spiro atoms. The normalized spacial score (nSPS) is 11.1. The zero-order chi connectivity index (χ0) is 14.3. The molecule has 0 radical (unpaired) electrons. The van der Waals surface area contributed by atoms with E-state index in [1.54, 1.807) is 19.1 Å². The summed E-state index contributed by atoms with van der Waals surface area (Å²) in [6.45, 7) is 2.57. The Morgan fingerprint density at radius 2 is 2.00 bits per heavy atom. The maximum absolute atomic E-state index is 11.8. The van der Waals surface area contributed by atoms with Crippen molar-refractivity contribution in [1.29, 1.82) is 0 Å². The van der Waals surface area contributed by atoms with Gasteiger partial charge >= 0.3 is 0 Å². The minimum Gasteiger partial charge on any atom is -0.351 e. The van der Waals surface area contributed by atoms with Gasteiger partial charge in [0.05, 0.1) is 11.3 Å². The van der Waals surface area contributed by atoms with Crippen molar-refractivity contribution in [1.82, 2.24) is 10.0 Å². The summed E-state index contributed by atoms with van der Waals surface area (Å²) < 4.78 is 27.8. The number of anilines is 1. The smallest absolute Gasteiger partial charge is 0.299 e. The lowest BCUT2D eigenvalue weighted by molar-refractivity contribution is 0.0955. The second-order valence-electron chi connectivity index (χ2n) is 3.69. The number of rotatable bonds is 7. The van der Waals surface area contributed by atoms with E-state index in [2.05, 4.69) is 14.8 Å². The molecule has 1 rings (SSSR count). The van der Waals surface area contributed by atoms with Crippen molar-refractivity contribution in [3.8, 4) is 0 Å². The van der Waals surface area contributed by atoms with Gasteiger partial charge in [0.25, 0.3) is 16.1 Å². The summed E-state index contributed by atoms with van der Waals surface area (Å²) in [4.78, 5) is 11.8. The molecular formula is C11H18N4O3S.